The van der Waals surface area contributed by atoms with Crippen LogP contribution >= 0.6 is 0 Å². The molecule has 0 rings (SSSR count). The third-order valence-corrected chi connectivity index (χ3v) is 1.08. The zero-order chi connectivity index (χ0) is 7.98. The zero-order valence-corrected chi connectivity index (χ0v) is 6.68. The van der Waals surface area contributed by atoms with E-state index < -0.39 is 0 Å². The van der Waals surface area contributed by atoms with Gasteiger partial charge in [0.15, 0.2) is 5.78 Å². The molecule has 0 aromatic carbocycles. The summed E-state index contributed by atoms with van der Waals surface area (Å²) in [5.74, 6) is 0.186. The van der Waals surface area contributed by atoms with Crippen LogP contribution in [-0.2, 0) is 4.79 Å². The summed E-state index contributed by atoms with van der Waals surface area (Å²) in [6, 6.07) is 0. The van der Waals surface area contributed by atoms with E-state index in [0.717, 1.165) is 12.0 Å². The van der Waals surface area contributed by atoms with Crippen molar-refractivity contribution in [3.63, 3.8) is 0 Å². The molecule has 0 aliphatic carbocycles. The zero-order valence-electron chi connectivity index (χ0n) is 6.68. The van der Waals surface area contributed by atoms with E-state index >= 15 is 0 Å². The average molecular weight is 141 g/mol. The molecule has 0 aliphatic heterocycles. The van der Waals surface area contributed by atoms with Crippen LogP contribution in [0.25, 0.3) is 0 Å². The summed E-state index contributed by atoms with van der Waals surface area (Å²) in [5.41, 5.74) is 6.29. The lowest BCUT2D eigenvalue weighted by molar-refractivity contribution is -0.114. The van der Waals surface area contributed by atoms with Gasteiger partial charge in [-0.15, -0.1) is 0 Å². The Hall–Kier alpha value is -0.630. The second-order valence-corrected chi connectivity index (χ2v) is 2.58. The van der Waals surface area contributed by atoms with E-state index in [1.807, 2.05) is 13.8 Å². The maximum Gasteiger partial charge on any atom is 0.155 e. The molecule has 2 nitrogen and oxygen atoms in total. The fourth-order valence-corrected chi connectivity index (χ4v) is 0.670. The van der Waals surface area contributed by atoms with E-state index in [1.165, 1.54) is 0 Å². The van der Waals surface area contributed by atoms with E-state index in [-0.39, 0.29) is 5.78 Å². The lowest BCUT2D eigenvalue weighted by Crippen LogP contribution is -2.02. The number of carbonyl (C=O) groups is 1. The van der Waals surface area contributed by atoms with Gasteiger partial charge in [-0.1, -0.05) is 5.57 Å². The summed E-state index contributed by atoms with van der Waals surface area (Å²) >= 11 is 0. The molecule has 0 amide bonds. The van der Waals surface area contributed by atoms with Crippen LogP contribution in [0.3, 0.4) is 0 Å². The standard InChI is InChI=1S/C8H15NO/c1-7(2)6-8(10)4-3-5-9/h6H,3-5,9H2,1-2H3. The number of nitrogens with two attached hydrogens (primary N) is 1. The van der Waals surface area contributed by atoms with Gasteiger partial charge in [0, 0.05) is 6.42 Å². The highest BCUT2D eigenvalue weighted by Crippen LogP contribution is 1.94. The molecule has 0 radical (unpaired) electrons. The van der Waals surface area contributed by atoms with E-state index in [1.54, 1.807) is 6.08 Å². The molecule has 0 aromatic heterocycles. The van der Waals surface area contributed by atoms with Crippen LogP contribution < -0.4 is 5.73 Å². The maximum absolute atomic E-state index is 10.9. The maximum atomic E-state index is 10.9. The molecule has 2 heteroatoms. The highest BCUT2D eigenvalue weighted by molar-refractivity contribution is 5.90. The van der Waals surface area contributed by atoms with Gasteiger partial charge in [-0.25, -0.2) is 0 Å². The predicted molar refractivity (Wildman–Crippen MR) is 42.7 cm³/mol. The topological polar surface area (TPSA) is 43.1 Å². The third-order valence-electron chi connectivity index (χ3n) is 1.08. The molecular formula is C8H15NO. The lowest BCUT2D eigenvalue weighted by Gasteiger charge is -1.92. The molecule has 58 valence electrons. The van der Waals surface area contributed by atoms with Crippen molar-refractivity contribution in [2.45, 2.75) is 26.7 Å². The Morgan fingerprint density at radius 2 is 2.10 bits per heavy atom. The van der Waals surface area contributed by atoms with Crippen molar-refractivity contribution in [2.75, 3.05) is 6.54 Å². The molecule has 0 bridgehead atoms. The van der Waals surface area contributed by atoms with Gasteiger partial charge in [0.1, 0.15) is 0 Å². The molecular weight excluding hydrogens is 126 g/mol. The lowest BCUT2D eigenvalue weighted by atomic mass is 10.2. The van der Waals surface area contributed by atoms with Gasteiger partial charge in [0.2, 0.25) is 0 Å². The minimum Gasteiger partial charge on any atom is -0.330 e. The van der Waals surface area contributed by atoms with E-state index in [0.29, 0.717) is 13.0 Å². The highest BCUT2D eigenvalue weighted by Gasteiger charge is 1.94. The molecule has 0 atom stereocenters. The Morgan fingerprint density at radius 3 is 2.50 bits per heavy atom. The van der Waals surface area contributed by atoms with Crippen molar-refractivity contribution in [3.05, 3.63) is 11.6 Å². The van der Waals surface area contributed by atoms with Crippen molar-refractivity contribution in [1.82, 2.24) is 0 Å². The molecule has 0 saturated heterocycles. The second-order valence-electron chi connectivity index (χ2n) is 2.58. The van der Waals surface area contributed by atoms with Crippen molar-refractivity contribution >= 4 is 5.78 Å². The molecule has 0 spiro atoms. The van der Waals surface area contributed by atoms with Crippen LogP contribution in [0.1, 0.15) is 26.7 Å². The first-order chi connectivity index (χ1) is 4.66. The van der Waals surface area contributed by atoms with E-state index in [4.69, 9.17) is 5.73 Å². The smallest absolute Gasteiger partial charge is 0.155 e. The Kier molecular flexibility index (Phi) is 4.85. The summed E-state index contributed by atoms with van der Waals surface area (Å²) in [6.07, 6.45) is 3.04. The van der Waals surface area contributed by atoms with E-state index in [9.17, 15) is 4.79 Å². The molecule has 0 unspecified atom stereocenters. The fourth-order valence-electron chi connectivity index (χ4n) is 0.670. The Labute approximate surface area is 62.1 Å². The molecule has 10 heavy (non-hydrogen) atoms. The number of allylic oxidation sites excluding steroid dienone is 2. The van der Waals surface area contributed by atoms with Crippen molar-refractivity contribution in [2.24, 2.45) is 5.73 Å². The van der Waals surface area contributed by atoms with Gasteiger partial charge in [-0.3, -0.25) is 4.79 Å². The minimum atomic E-state index is 0.186. The van der Waals surface area contributed by atoms with Crippen molar-refractivity contribution in [1.29, 1.82) is 0 Å². The number of rotatable bonds is 4. The number of carbonyl (C=O) groups excluding carboxylic acids is 1. The second kappa shape index (κ2) is 5.18. The molecule has 2 N–H and O–H groups in total. The Bertz CT molecular complexity index is 134. The van der Waals surface area contributed by atoms with Crippen LogP contribution in [0.2, 0.25) is 0 Å². The minimum absolute atomic E-state index is 0.186. The first kappa shape index (κ1) is 9.37. The van der Waals surface area contributed by atoms with Gasteiger partial charge in [0.25, 0.3) is 0 Å². The molecule has 0 fully saturated rings. The van der Waals surface area contributed by atoms with Crippen molar-refractivity contribution in [3.8, 4) is 0 Å². The largest absolute Gasteiger partial charge is 0.330 e. The van der Waals surface area contributed by atoms with E-state index in [2.05, 4.69) is 0 Å². The highest BCUT2D eigenvalue weighted by atomic mass is 16.1. The first-order valence-corrected chi connectivity index (χ1v) is 3.54. The summed E-state index contributed by atoms with van der Waals surface area (Å²) in [5, 5.41) is 0. The quantitative estimate of drug-likeness (QED) is 0.599. The van der Waals surface area contributed by atoms with Crippen LogP contribution in [0, 0.1) is 0 Å². The molecule has 0 heterocycles. The number of hydrogen-bond donors (Lipinski definition) is 1. The Balaban J connectivity index is 3.54. The van der Waals surface area contributed by atoms with Crippen molar-refractivity contribution < 1.29 is 4.79 Å². The first-order valence-electron chi connectivity index (χ1n) is 3.54. The van der Waals surface area contributed by atoms with Crippen LogP contribution in [0.15, 0.2) is 11.6 Å². The third kappa shape index (κ3) is 5.51. The number of ketones is 1. The van der Waals surface area contributed by atoms with Gasteiger partial charge in [-0.05, 0) is 32.9 Å². The normalized spacial score (nSPS) is 9.10. The SMILES string of the molecule is CC(C)=CC(=O)CCCN. The average Bonchev–Trinajstić information content (AvgIpc) is 1.82. The summed E-state index contributed by atoms with van der Waals surface area (Å²) in [7, 11) is 0. The summed E-state index contributed by atoms with van der Waals surface area (Å²) in [6.45, 7) is 4.43. The predicted octanol–water partition coefficient (Wildman–Crippen LogP) is 1.26. The van der Waals surface area contributed by atoms with Crippen LogP contribution in [0.5, 0.6) is 0 Å². The Morgan fingerprint density at radius 1 is 1.50 bits per heavy atom. The van der Waals surface area contributed by atoms with Gasteiger partial charge in [0.05, 0.1) is 0 Å². The monoisotopic (exact) mass is 141 g/mol. The van der Waals surface area contributed by atoms with Gasteiger partial charge >= 0.3 is 0 Å². The van der Waals surface area contributed by atoms with Gasteiger partial charge in [-0.2, -0.15) is 0 Å². The molecule has 0 aliphatic rings. The fraction of sp³-hybridized carbons (Fsp3) is 0.625. The number of hydrogen-bond acceptors (Lipinski definition) is 2. The van der Waals surface area contributed by atoms with Crippen LogP contribution in [-0.4, -0.2) is 12.3 Å². The van der Waals surface area contributed by atoms with Crippen LogP contribution in [0.4, 0.5) is 0 Å². The molecule has 0 saturated carbocycles. The summed E-state index contributed by atoms with van der Waals surface area (Å²) in [4.78, 5) is 10.9. The molecule has 0 aromatic rings. The van der Waals surface area contributed by atoms with Gasteiger partial charge < -0.3 is 5.73 Å². The summed E-state index contributed by atoms with van der Waals surface area (Å²) < 4.78 is 0.